The Morgan fingerprint density at radius 2 is 0.773 bits per heavy atom. The summed E-state index contributed by atoms with van der Waals surface area (Å²) >= 11 is 0. The van der Waals surface area contributed by atoms with Crippen LogP contribution < -0.4 is 29.6 Å². The largest absolute Gasteiger partial charge is 1.00 e. The summed E-state index contributed by atoms with van der Waals surface area (Å²) in [6.45, 7) is 8.57. The van der Waals surface area contributed by atoms with Crippen LogP contribution in [-0.2, 0) is 10.4 Å². The number of rotatable bonds is 11. The molecular formula is C16H39NaO4S. The molecule has 0 radical (unpaired) electrons. The van der Waals surface area contributed by atoms with Gasteiger partial charge in [0.25, 0.3) is 0 Å². The summed E-state index contributed by atoms with van der Waals surface area (Å²) in [5.41, 5.74) is 0. The Labute approximate surface area is 163 Å². The third-order valence-electron chi connectivity index (χ3n) is 2.96. The van der Waals surface area contributed by atoms with E-state index in [0.717, 1.165) is 0 Å². The van der Waals surface area contributed by atoms with Gasteiger partial charge in [0.1, 0.15) is 0 Å². The second-order valence-corrected chi connectivity index (χ2v) is 5.88. The van der Waals surface area contributed by atoms with E-state index in [-0.39, 0.29) is 31.0 Å². The number of hydrogen-bond acceptors (Lipinski definition) is 2. The molecule has 0 aromatic rings. The van der Waals surface area contributed by atoms with Crippen molar-refractivity contribution in [3.63, 3.8) is 0 Å². The van der Waals surface area contributed by atoms with Crippen molar-refractivity contribution < 1.29 is 48.5 Å². The van der Waals surface area contributed by atoms with E-state index >= 15 is 0 Å². The van der Waals surface area contributed by atoms with E-state index in [1.807, 2.05) is 13.8 Å². The summed E-state index contributed by atoms with van der Waals surface area (Å²) in [5, 5.41) is 0. The molecule has 0 bridgehead atoms. The Hall–Kier alpha value is 0.870. The molecule has 2 N–H and O–H groups in total. The zero-order valence-corrected chi connectivity index (χ0v) is 18.4. The van der Waals surface area contributed by atoms with Crippen LogP contribution in [-0.4, -0.2) is 17.5 Å². The molecule has 6 heteroatoms. The van der Waals surface area contributed by atoms with Gasteiger partial charge < -0.3 is 1.43 Å². The van der Waals surface area contributed by atoms with Crippen LogP contribution in [0.25, 0.3) is 0 Å². The fraction of sp³-hybridized carbons (Fsp3) is 1.00. The Bertz CT molecular complexity index is 243. The first-order valence-electron chi connectivity index (χ1n) is 8.61. The maximum absolute atomic E-state index is 8.74. The number of hydrogen-bond donors (Lipinski definition) is 2. The van der Waals surface area contributed by atoms with E-state index in [2.05, 4.69) is 13.8 Å². The second kappa shape index (κ2) is 26.8. The Kier molecular flexibility index (Phi) is 37.4. The molecule has 0 aromatic carbocycles. The summed E-state index contributed by atoms with van der Waals surface area (Å²) in [4.78, 5) is 0. The van der Waals surface area contributed by atoms with Gasteiger partial charge in [0, 0.05) is 0 Å². The first-order valence-corrected chi connectivity index (χ1v) is 10.0. The zero-order valence-electron chi connectivity index (χ0n) is 16.6. The quantitative estimate of drug-likeness (QED) is 0.341. The Balaban J connectivity index is -0.000000103. The van der Waals surface area contributed by atoms with E-state index in [1.54, 1.807) is 0 Å². The molecule has 0 aliphatic carbocycles. The van der Waals surface area contributed by atoms with Crippen LogP contribution in [0.4, 0.5) is 0 Å². The molecular weight excluding hydrogens is 311 g/mol. The van der Waals surface area contributed by atoms with Crippen molar-refractivity contribution in [2.75, 3.05) is 0 Å². The second-order valence-electron chi connectivity index (χ2n) is 4.98. The van der Waals surface area contributed by atoms with Gasteiger partial charge in [0.2, 0.25) is 0 Å². The van der Waals surface area contributed by atoms with E-state index in [1.165, 1.54) is 77.0 Å². The molecule has 0 spiro atoms. The third kappa shape index (κ3) is 58.5. The molecule has 0 unspecified atom stereocenters. The molecule has 0 heterocycles. The van der Waals surface area contributed by atoms with Crippen molar-refractivity contribution in [2.24, 2.45) is 0 Å². The molecule has 4 nitrogen and oxygen atoms in total. The van der Waals surface area contributed by atoms with Gasteiger partial charge >= 0.3 is 40.0 Å². The monoisotopic (exact) mass is 350 g/mol. The van der Waals surface area contributed by atoms with Crippen LogP contribution >= 0.6 is 0 Å². The molecule has 0 fully saturated rings. The maximum Gasteiger partial charge on any atom is 1.00 e. The SMILES string of the molecule is CC.CCCCCCCCCCCCCC.O=S(=O)(O)O.[H-].[Na+]. The van der Waals surface area contributed by atoms with Crippen molar-refractivity contribution in [1.29, 1.82) is 0 Å². The topological polar surface area (TPSA) is 74.6 Å². The van der Waals surface area contributed by atoms with Crippen LogP contribution in [0.5, 0.6) is 0 Å². The fourth-order valence-electron chi connectivity index (χ4n) is 1.91. The Morgan fingerprint density at radius 3 is 0.909 bits per heavy atom. The fourth-order valence-corrected chi connectivity index (χ4v) is 1.91. The van der Waals surface area contributed by atoms with Gasteiger partial charge in [-0.25, -0.2) is 0 Å². The van der Waals surface area contributed by atoms with Gasteiger partial charge in [-0.05, 0) is 0 Å². The molecule has 22 heavy (non-hydrogen) atoms. The van der Waals surface area contributed by atoms with Gasteiger partial charge in [-0.1, -0.05) is 105 Å². The van der Waals surface area contributed by atoms with E-state index in [0.29, 0.717) is 0 Å². The molecule has 0 aliphatic heterocycles. The standard InChI is InChI=1S/C14H30.C2H6.Na.H2O4S.H/c1-3-5-7-9-11-13-14-12-10-8-6-4-2;1-2;;1-5(2,3)4;/h3-14H2,1-2H3;1-2H3;;(H2,1,2,3,4);/q;;+1;;-1. The van der Waals surface area contributed by atoms with Gasteiger partial charge in [0.15, 0.2) is 0 Å². The van der Waals surface area contributed by atoms with Crippen molar-refractivity contribution >= 4 is 10.4 Å². The van der Waals surface area contributed by atoms with Crippen LogP contribution in [0, 0.1) is 0 Å². The van der Waals surface area contributed by atoms with Gasteiger partial charge in [0.05, 0.1) is 0 Å². The molecule has 0 aliphatic rings. The molecule has 0 aromatic heterocycles. The molecule has 0 saturated carbocycles. The minimum Gasteiger partial charge on any atom is -1.00 e. The van der Waals surface area contributed by atoms with Gasteiger partial charge in [-0.2, -0.15) is 8.42 Å². The summed E-state index contributed by atoms with van der Waals surface area (Å²) < 4.78 is 31.6. The summed E-state index contributed by atoms with van der Waals surface area (Å²) in [7, 11) is -4.67. The van der Waals surface area contributed by atoms with Crippen LogP contribution in [0.3, 0.4) is 0 Å². The molecule has 0 atom stereocenters. The van der Waals surface area contributed by atoms with Crippen molar-refractivity contribution in [3.05, 3.63) is 0 Å². The van der Waals surface area contributed by atoms with E-state index < -0.39 is 10.4 Å². The molecule has 0 saturated heterocycles. The third-order valence-corrected chi connectivity index (χ3v) is 2.96. The summed E-state index contributed by atoms with van der Waals surface area (Å²) in [5.74, 6) is 0. The normalized spacial score (nSPS) is 9.73. The molecule has 0 rings (SSSR count). The zero-order chi connectivity index (χ0) is 17.0. The summed E-state index contributed by atoms with van der Waals surface area (Å²) in [6.07, 6.45) is 17.4. The van der Waals surface area contributed by atoms with E-state index in [9.17, 15) is 0 Å². The average Bonchev–Trinajstić information content (AvgIpc) is 2.41. The van der Waals surface area contributed by atoms with Crippen molar-refractivity contribution in [1.82, 2.24) is 0 Å². The minimum atomic E-state index is -4.67. The minimum absolute atomic E-state index is 0. The molecule has 0 amide bonds. The first-order chi connectivity index (χ1) is 9.91. The predicted molar refractivity (Wildman–Crippen MR) is 93.4 cm³/mol. The van der Waals surface area contributed by atoms with Crippen LogP contribution in [0.15, 0.2) is 0 Å². The Morgan fingerprint density at radius 1 is 0.636 bits per heavy atom. The first kappa shape index (κ1) is 30.7. The van der Waals surface area contributed by atoms with Gasteiger partial charge in [-0.3, -0.25) is 9.11 Å². The number of unbranched alkanes of at least 4 members (excludes halogenated alkanes) is 11. The van der Waals surface area contributed by atoms with Crippen molar-refractivity contribution in [2.45, 2.75) is 105 Å². The van der Waals surface area contributed by atoms with E-state index in [4.69, 9.17) is 17.5 Å². The maximum atomic E-state index is 8.74. The average molecular weight is 351 g/mol. The smallest absolute Gasteiger partial charge is 1.00 e. The van der Waals surface area contributed by atoms with Crippen molar-refractivity contribution in [3.8, 4) is 0 Å². The summed E-state index contributed by atoms with van der Waals surface area (Å²) in [6, 6.07) is 0. The van der Waals surface area contributed by atoms with Crippen LogP contribution in [0.2, 0.25) is 0 Å². The van der Waals surface area contributed by atoms with Crippen LogP contribution in [0.1, 0.15) is 106 Å². The molecule has 134 valence electrons. The predicted octanol–water partition coefficient (Wildman–Crippen LogP) is 3.20. The van der Waals surface area contributed by atoms with Gasteiger partial charge in [-0.15, -0.1) is 0 Å².